The zero-order valence-corrected chi connectivity index (χ0v) is 24.3. The van der Waals surface area contributed by atoms with E-state index in [4.69, 9.17) is 9.47 Å². The van der Waals surface area contributed by atoms with Crippen molar-refractivity contribution in [3.8, 4) is 0 Å². The van der Waals surface area contributed by atoms with Crippen LogP contribution in [0, 0.1) is 17.8 Å². The molecule has 0 aromatic rings. The van der Waals surface area contributed by atoms with Crippen LogP contribution in [0.25, 0.3) is 0 Å². The summed E-state index contributed by atoms with van der Waals surface area (Å²) in [5.74, 6) is 0.221. The smallest absolute Gasteiger partial charge is 0.408 e. The van der Waals surface area contributed by atoms with Gasteiger partial charge in [0.15, 0.2) is 0 Å². The highest BCUT2D eigenvalue weighted by Gasteiger charge is 2.62. The standard InChI is InChI=1S/C30H49N3O5/c1-8-37-27(35)30-18-23(30)14-12-10-9-11-13-15-24(31-28(36)38-29(5,6)7)21(4)33-19-22(16-20(2)3)17-25(33)26(34)32-30/h12,14,20,22-25H,4,8-11,13,15-19H2,1-3,5-7H3,(H,31,36)(H,32,34)/b14-12-/t22-,23-,24+,25+,30-/m1/s1. The Hall–Kier alpha value is -2.51. The zero-order chi connectivity index (χ0) is 28.1. The molecule has 0 aromatic carbocycles. The lowest BCUT2D eigenvalue weighted by atomic mass is 9.94. The fourth-order valence-corrected chi connectivity index (χ4v) is 5.86. The molecule has 1 saturated carbocycles. The Morgan fingerprint density at radius 1 is 1.26 bits per heavy atom. The second-order valence-corrected chi connectivity index (χ2v) is 12.6. The average molecular weight is 532 g/mol. The number of ether oxygens (including phenoxy) is 2. The maximum Gasteiger partial charge on any atom is 0.408 e. The molecule has 38 heavy (non-hydrogen) atoms. The minimum atomic E-state index is -0.999. The van der Waals surface area contributed by atoms with Crippen LogP contribution in [0.1, 0.15) is 92.9 Å². The Labute approximate surface area is 228 Å². The van der Waals surface area contributed by atoms with E-state index < -0.39 is 23.3 Å². The van der Waals surface area contributed by atoms with Gasteiger partial charge in [-0.3, -0.25) is 4.79 Å². The molecular weight excluding hydrogens is 482 g/mol. The Bertz CT molecular complexity index is 908. The van der Waals surface area contributed by atoms with Gasteiger partial charge in [0.05, 0.1) is 12.6 Å². The van der Waals surface area contributed by atoms with Gasteiger partial charge >= 0.3 is 12.1 Å². The first-order chi connectivity index (χ1) is 17.9. The molecule has 8 nitrogen and oxygen atoms in total. The summed E-state index contributed by atoms with van der Waals surface area (Å²) in [5.41, 5.74) is -0.882. The van der Waals surface area contributed by atoms with Crippen molar-refractivity contribution in [2.75, 3.05) is 13.2 Å². The fraction of sp³-hybridized carbons (Fsp3) is 0.767. The number of amides is 2. The third-order valence-electron chi connectivity index (χ3n) is 7.69. The van der Waals surface area contributed by atoms with Gasteiger partial charge in [-0.2, -0.15) is 0 Å². The SMILES string of the molecule is C=C1[C@@H](NC(=O)OC(C)(C)C)CCCCC/C=C\[C@@H]2C[C@@]2(C(=O)OCC)NC(=O)[C@@H]2C[C@@H](CC(C)C)CN12. The molecule has 3 rings (SSSR count). The number of carbonyl (C=O) groups is 3. The lowest BCUT2D eigenvalue weighted by molar-refractivity contribution is -0.149. The largest absolute Gasteiger partial charge is 0.464 e. The van der Waals surface area contributed by atoms with Gasteiger partial charge in [0.2, 0.25) is 5.91 Å². The van der Waals surface area contributed by atoms with E-state index in [1.54, 1.807) is 6.92 Å². The number of nitrogens with one attached hydrogen (secondary N) is 2. The highest BCUT2D eigenvalue weighted by molar-refractivity contribution is 5.94. The molecule has 0 spiro atoms. The van der Waals surface area contributed by atoms with Gasteiger partial charge in [-0.05, 0) is 78.1 Å². The number of hydrogen-bond acceptors (Lipinski definition) is 6. The van der Waals surface area contributed by atoms with Gasteiger partial charge in [-0.25, -0.2) is 9.59 Å². The summed E-state index contributed by atoms with van der Waals surface area (Å²) in [6.07, 6.45) is 10.5. The first kappa shape index (κ1) is 30.0. The van der Waals surface area contributed by atoms with E-state index in [1.807, 2.05) is 20.8 Å². The van der Waals surface area contributed by atoms with Gasteiger partial charge in [0.25, 0.3) is 0 Å². The summed E-state index contributed by atoms with van der Waals surface area (Å²) in [4.78, 5) is 41.7. The van der Waals surface area contributed by atoms with Gasteiger partial charge in [-0.15, -0.1) is 0 Å². The Morgan fingerprint density at radius 3 is 2.66 bits per heavy atom. The van der Waals surface area contributed by atoms with Crippen LogP contribution in [0.15, 0.2) is 24.4 Å². The number of fused-ring (bicyclic) bond motifs is 2. The van der Waals surface area contributed by atoms with E-state index in [2.05, 4.69) is 48.1 Å². The van der Waals surface area contributed by atoms with Crippen molar-refractivity contribution < 1.29 is 23.9 Å². The molecule has 0 radical (unpaired) electrons. The second kappa shape index (κ2) is 12.6. The maximum atomic E-state index is 13.8. The molecule has 3 aliphatic rings. The fourth-order valence-electron chi connectivity index (χ4n) is 5.86. The molecule has 0 aromatic heterocycles. The Kier molecular flexibility index (Phi) is 9.93. The van der Waals surface area contributed by atoms with Gasteiger partial charge in [-0.1, -0.05) is 45.4 Å². The van der Waals surface area contributed by atoms with Crippen molar-refractivity contribution in [3.63, 3.8) is 0 Å². The highest BCUT2D eigenvalue weighted by atomic mass is 16.6. The van der Waals surface area contributed by atoms with Crippen LogP contribution in [-0.2, 0) is 19.1 Å². The molecule has 5 atom stereocenters. The third-order valence-corrected chi connectivity index (χ3v) is 7.69. The summed E-state index contributed by atoms with van der Waals surface area (Å²) in [7, 11) is 0. The topological polar surface area (TPSA) is 97.0 Å². The quantitative estimate of drug-likeness (QED) is 0.379. The predicted molar refractivity (Wildman–Crippen MR) is 148 cm³/mol. The summed E-state index contributed by atoms with van der Waals surface area (Å²) in [5, 5.41) is 6.15. The van der Waals surface area contributed by atoms with Crippen molar-refractivity contribution in [2.24, 2.45) is 17.8 Å². The van der Waals surface area contributed by atoms with Crippen LogP contribution in [-0.4, -0.2) is 59.2 Å². The Morgan fingerprint density at radius 2 is 2.00 bits per heavy atom. The number of hydrogen-bond donors (Lipinski definition) is 2. The van der Waals surface area contributed by atoms with Crippen molar-refractivity contribution in [2.45, 2.75) is 116 Å². The van der Waals surface area contributed by atoms with Gasteiger partial charge in [0.1, 0.15) is 17.2 Å². The van der Waals surface area contributed by atoms with Crippen LogP contribution in [0.4, 0.5) is 4.79 Å². The van der Waals surface area contributed by atoms with E-state index in [0.29, 0.717) is 31.2 Å². The van der Waals surface area contributed by atoms with E-state index in [9.17, 15) is 14.4 Å². The highest BCUT2D eigenvalue weighted by Crippen LogP contribution is 2.46. The van der Waals surface area contributed by atoms with Crippen molar-refractivity contribution in [1.29, 1.82) is 0 Å². The van der Waals surface area contributed by atoms with Crippen LogP contribution >= 0.6 is 0 Å². The summed E-state index contributed by atoms with van der Waals surface area (Å²) >= 11 is 0. The van der Waals surface area contributed by atoms with Crippen LogP contribution in [0.2, 0.25) is 0 Å². The normalized spacial score (nSPS) is 31.3. The van der Waals surface area contributed by atoms with E-state index >= 15 is 0 Å². The molecule has 0 unspecified atom stereocenters. The first-order valence-corrected chi connectivity index (χ1v) is 14.5. The third kappa shape index (κ3) is 7.76. The zero-order valence-electron chi connectivity index (χ0n) is 24.3. The van der Waals surface area contributed by atoms with Crippen LogP contribution < -0.4 is 10.6 Å². The molecule has 2 heterocycles. The molecule has 1 aliphatic carbocycles. The number of carbonyl (C=O) groups excluding carboxylic acids is 3. The lowest BCUT2D eigenvalue weighted by Gasteiger charge is -2.34. The van der Waals surface area contributed by atoms with Crippen LogP contribution in [0.5, 0.6) is 0 Å². The molecule has 8 heteroatoms. The monoisotopic (exact) mass is 531 g/mol. The van der Waals surface area contributed by atoms with E-state index in [-0.39, 0.29) is 30.4 Å². The van der Waals surface area contributed by atoms with Gasteiger partial charge in [0, 0.05) is 18.2 Å². The Balaban J connectivity index is 1.89. The molecule has 2 fully saturated rings. The summed E-state index contributed by atoms with van der Waals surface area (Å²) in [6.45, 7) is 17.1. The van der Waals surface area contributed by atoms with Crippen LogP contribution in [0.3, 0.4) is 0 Å². The minimum absolute atomic E-state index is 0.0540. The summed E-state index contributed by atoms with van der Waals surface area (Å²) < 4.78 is 10.9. The van der Waals surface area contributed by atoms with E-state index in [1.165, 1.54) is 0 Å². The molecule has 214 valence electrons. The lowest BCUT2D eigenvalue weighted by Crippen LogP contribution is -2.53. The number of esters is 1. The van der Waals surface area contributed by atoms with E-state index in [0.717, 1.165) is 44.2 Å². The van der Waals surface area contributed by atoms with Gasteiger partial charge < -0.3 is 25.0 Å². The van der Waals surface area contributed by atoms with Crippen molar-refractivity contribution in [1.82, 2.24) is 15.5 Å². The van der Waals surface area contributed by atoms with Crippen molar-refractivity contribution >= 4 is 18.0 Å². The average Bonchev–Trinajstić information content (AvgIpc) is 3.33. The number of rotatable bonds is 5. The number of allylic oxidation sites excluding steroid dienone is 1. The molecule has 2 amide bonds. The second-order valence-electron chi connectivity index (χ2n) is 12.6. The van der Waals surface area contributed by atoms with Crippen molar-refractivity contribution in [3.05, 3.63) is 24.4 Å². The first-order valence-electron chi connectivity index (χ1n) is 14.5. The predicted octanol–water partition coefficient (Wildman–Crippen LogP) is 5.09. The maximum absolute atomic E-state index is 13.8. The summed E-state index contributed by atoms with van der Waals surface area (Å²) in [6, 6.07) is -0.804. The molecule has 2 aliphatic heterocycles. The minimum Gasteiger partial charge on any atom is -0.464 e. The number of nitrogens with zero attached hydrogens (tertiary/aromatic N) is 1. The molecular formula is C30H49N3O5. The number of alkyl carbamates (subject to hydrolysis) is 1. The molecule has 0 bridgehead atoms. The molecule has 2 N–H and O–H groups in total. The molecule has 1 saturated heterocycles.